The topological polar surface area (TPSA) is 108 Å². The van der Waals surface area contributed by atoms with Crippen molar-refractivity contribution in [1.29, 1.82) is 5.26 Å². The van der Waals surface area contributed by atoms with E-state index in [0.29, 0.717) is 0 Å². The lowest BCUT2D eigenvalue weighted by atomic mass is 9.95. The van der Waals surface area contributed by atoms with Gasteiger partial charge >= 0.3 is 5.97 Å². The molecular weight excluding hydrogens is 360 g/mol. The van der Waals surface area contributed by atoms with Gasteiger partial charge in [-0.2, -0.15) is 10.4 Å². The van der Waals surface area contributed by atoms with E-state index in [-0.39, 0.29) is 36.5 Å². The van der Waals surface area contributed by atoms with Crippen LogP contribution in [0.2, 0.25) is 0 Å². The number of benzene rings is 1. The van der Waals surface area contributed by atoms with Crippen molar-refractivity contribution >= 4 is 11.9 Å². The first-order valence-electron chi connectivity index (χ1n) is 9.28. The summed E-state index contributed by atoms with van der Waals surface area (Å²) in [6.45, 7) is -0.0496. The molecule has 1 amide bonds. The Kier molecular flexibility index (Phi) is 6.40. The summed E-state index contributed by atoms with van der Waals surface area (Å²) in [6.07, 6.45) is 4.85. The van der Waals surface area contributed by atoms with Gasteiger partial charge in [-0.1, -0.05) is 49.6 Å². The maximum absolute atomic E-state index is 13.0. The van der Waals surface area contributed by atoms with Crippen LogP contribution in [0.1, 0.15) is 53.8 Å². The van der Waals surface area contributed by atoms with Gasteiger partial charge < -0.3 is 5.11 Å². The van der Waals surface area contributed by atoms with Gasteiger partial charge in [-0.3, -0.25) is 9.63 Å². The molecular formula is C20H22N4O4. The Hall–Kier alpha value is -3.18. The van der Waals surface area contributed by atoms with Crippen LogP contribution >= 0.6 is 0 Å². The molecule has 0 saturated heterocycles. The Labute approximate surface area is 162 Å². The molecule has 1 aromatic heterocycles. The van der Waals surface area contributed by atoms with Crippen molar-refractivity contribution in [3.05, 3.63) is 53.3 Å². The van der Waals surface area contributed by atoms with Crippen molar-refractivity contribution in [1.82, 2.24) is 14.8 Å². The summed E-state index contributed by atoms with van der Waals surface area (Å²) in [7, 11) is 0. The maximum Gasteiger partial charge on any atom is 0.354 e. The second kappa shape index (κ2) is 9.15. The van der Waals surface area contributed by atoms with Gasteiger partial charge in [0.1, 0.15) is 24.9 Å². The summed E-state index contributed by atoms with van der Waals surface area (Å²) >= 11 is 0. The van der Waals surface area contributed by atoms with Crippen molar-refractivity contribution in [2.24, 2.45) is 0 Å². The third-order valence-electron chi connectivity index (χ3n) is 4.76. The van der Waals surface area contributed by atoms with Gasteiger partial charge in [0.25, 0.3) is 5.91 Å². The predicted molar refractivity (Wildman–Crippen MR) is 98.9 cm³/mol. The fraction of sp³-hybridized carbons (Fsp3) is 0.400. The average Bonchev–Trinajstić information content (AvgIpc) is 3.13. The number of nitriles is 1. The molecule has 8 nitrogen and oxygen atoms in total. The van der Waals surface area contributed by atoms with Gasteiger partial charge in [-0.05, 0) is 18.4 Å². The Morgan fingerprint density at radius 2 is 1.96 bits per heavy atom. The van der Waals surface area contributed by atoms with Crippen molar-refractivity contribution < 1.29 is 19.5 Å². The van der Waals surface area contributed by atoms with Crippen molar-refractivity contribution in [3.63, 3.8) is 0 Å². The van der Waals surface area contributed by atoms with Crippen LogP contribution in [-0.2, 0) is 22.8 Å². The normalized spacial score (nSPS) is 14.4. The van der Waals surface area contributed by atoms with Crippen LogP contribution in [0.4, 0.5) is 0 Å². The van der Waals surface area contributed by atoms with E-state index in [0.717, 1.165) is 48.4 Å². The molecule has 0 unspecified atom stereocenters. The highest BCUT2D eigenvalue weighted by atomic mass is 16.7. The SMILES string of the molecule is N#Cc1cc(C(=O)O)n(CC(=O)N(OCc2ccccc2)C2CCCCC2)n1. The van der Waals surface area contributed by atoms with Crippen LogP contribution in [0.15, 0.2) is 36.4 Å². The molecule has 8 heteroatoms. The molecule has 0 spiro atoms. The highest BCUT2D eigenvalue weighted by molar-refractivity contribution is 5.87. The quantitative estimate of drug-likeness (QED) is 0.738. The van der Waals surface area contributed by atoms with E-state index < -0.39 is 5.97 Å². The summed E-state index contributed by atoms with van der Waals surface area (Å²) in [5, 5.41) is 23.6. The number of hydroxylamine groups is 2. The number of amides is 1. The molecule has 1 N–H and O–H groups in total. The van der Waals surface area contributed by atoms with E-state index in [1.807, 2.05) is 30.3 Å². The molecule has 1 fully saturated rings. The van der Waals surface area contributed by atoms with E-state index in [4.69, 9.17) is 10.1 Å². The largest absolute Gasteiger partial charge is 0.477 e. The van der Waals surface area contributed by atoms with Gasteiger partial charge in [-0.25, -0.2) is 14.5 Å². The first-order chi connectivity index (χ1) is 13.6. The molecule has 2 aromatic rings. The van der Waals surface area contributed by atoms with Crippen LogP contribution in [0.25, 0.3) is 0 Å². The third-order valence-corrected chi connectivity index (χ3v) is 4.76. The molecule has 3 rings (SSSR count). The molecule has 0 radical (unpaired) electrons. The summed E-state index contributed by atoms with van der Waals surface area (Å²) in [5.41, 5.74) is 0.698. The van der Waals surface area contributed by atoms with Crippen molar-refractivity contribution in [2.45, 2.75) is 51.3 Å². The first kappa shape index (κ1) is 19.6. The highest BCUT2D eigenvalue weighted by Gasteiger charge is 2.28. The van der Waals surface area contributed by atoms with Gasteiger partial charge in [0.05, 0.1) is 6.04 Å². The Balaban J connectivity index is 1.77. The van der Waals surface area contributed by atoms with Gasteiger partial charge in [0, 0.05) is 6.07 Å². The molecule has 1 saturated carbocycles. The number of carbonyl (C=O) groups excluding carboxylic acids is 1. The minimum Gasteiger partial charge on any atom is -0.477 e. The van der Waals surface area contributed by atoms with Gasteiger partial charge in [0.2, 0.25) is 0 Å². The summed E-state index contributed by atoms with van der Waals surface area (Å²) in [6, 6.07) is 12.5. The molecule has 28 heavy (non-hydrogen) atoms. The standard InChI is InChI=1S/C20H22N4O4/c21-12-16-11-18(20(26)27)23(22-16)13-19(25)24(17-9-5-2-6-10-17)28-14-15-7-3-1-4-8-15/h1,3-4,7-8,11,17H,2,5-6,9-10,13-14H2,(H,26,27). The average molecular weight is 382 g/mol. The lowest BCUT2D eigenvalue weighted by Gasteiger charge is -2.33. The Morgan fingerprint density at radius 3 is 2.61 bits per heavy atom. The first-order valence-corrected chi connectivity index (χ1v) is 9.28. The van der Waals surface area contributed by atoms with Crippen LogP contribution in [0, 0.1) is 11.3 Å². The van der Waals surface area contributed by atoms with Crippen molar-refractivity contribution in [2.75, 3.05) is 0 Å². The lowest BCUT2D eigenvalue weighted by molar-refractivity contribution is -0.210. The molecule has 0 bridgehead atoms. The highest BCUT2D eigenvalue weighted by Crippen LogP contribution is 2.24. The van der Waals surface area contributed by atoms with E-state index in [2.05, 4.69) is 5.10 Å². The fourth-order valence-corrected chi connectivity index (χ4v) is 3.38. The molecule has 1 aliphatic carbocycles. The maximum atomic E-state index is 13.0. The minimum atomic E-state index is -1.24. The van der Waals surface area contributed by atoms with Crippen LogP contribution < -0.4 is 0 Å². The number of aromatic carboxylic acids is 1. The zero-order valence-corrected chi connectivity index (χ0v) is 15.5. The summed E-state index contributed by atoms with van der Waals surface area (Å²) in [5.74, 6) is -1.62. The second-order valence-electron chi connectivity index (χ2n) is 6.76. The van der Waals surface area contributed by atoms with E-state index in [1.54, 1.807) is 6.07 Å². The number of carbonyl (C=O) groups is 2. The smallest absolute Gasteiger partial charge is 0.354 e. The molecule has 1 heterocycles. The minimum absolute atomic E-state index is 0.0420. The molecule has 0 aliphatic heterocycles. The molecule has 146 valence electrons. The zero-order valence-electron chi connectivity index (χ0n) is 15.5. The fourth-order valence-electron chi connectivity index (χ4n) is 3.38. The molecule has 1 aromatic carbocycles. The number of aromatic nitrogens is 2. The number of carboxylic acid groups (broad SMARTS) is 1. The van der Waals surface area contributed by atoms with Crippen LogP contribution in [0.3, 0.4) is 0 Å². The van der Waals surface area contributed by atoms with Gasteiger partial charge in [-0.15, -0.1) is 0 Å². The number of hydrogen-bond acceptors (Lipinski definition) is 5. The van der Waals surface area contributed by atoms with Crippen LogP contribution in [0.5, 0.6) is 0 Å². The van der Waals surface area contributed by atoms with Crippen LogP contribution in [-0.4, -0.2) is 37.9 Å². The summed E-state index contributed by atoms with van der Waals surface area (Å²) in [4.78, 5) is 30.2. The van der Waals surface area contributed by atoms with Crippen molar-refractivity contribution in [3.8, 4) is 6.07 Å². The van der Waals surface area contributed by atoms with Gasteiger partial charge in [0.15, 0.2) is 5.69 Å². The monoisotopic (exact) mass is 382 g/mol. The lowest BCUT2D eigenvalue weighted by Crippen LogP contribution is -2.43. The second-order valence-corrected chi connectivity index (χ2v) is 6.76. The molecule has 1 aliphatic rings. The Morgan fingerprint density at radius 1 is 1.25 bits per heavy atom. The summed E-state index contributed by atoms with van der Waals surface area (Å²) < 4.78 is 1.05. The number of rotatable bonds is 7. The number of hydrogen-bond donors (Lipinski definition) is 1. The predicted octanol–water partition coefficient (Wildman–Crippen LogP) is 2.75. The number of nitrogens with zero attached hydrogens (tertiary/aromatic N) is 4. The number of carboxylic acids is 1. The van der Waals surface area contributed by atoms with E-state index >= 15 is 0 Å². The zero-order chi connectivity index (χ0) is 19.9. The molecule has 0 atom stereocenters. The van der Waals surface area contributed by atoms with E-state index in [1.165, 1.54) is 5.06 Å². The Bertz CT molecular complexity index is 866. The van der Waals surface area contributed by atoms with E-state index in [9.17, 15) is 14.7 Å². The third kappa shape index (κ3) is 4.75.